The van der Waals surface area contributed by atoms with Crippen molar-refractivity contribution in [2.24, 2.45) is 21.7 Å². The fourth-order valence-corrected chi connectivity index (χ4v) is 12.5. The van der Waals surface area contributed by atoms with E-state index in [0.29, 0.717) is 41.0 Å². The molecule has 0 aromatic carbocycles. The van der Waals surface area contributed by atoms with Crippen LogP contribution in [0.3, 0.4) is 0 Å². The summed E-state index contributed by atoms with van der Waals surface area (Å²) >= 11 is 20.5. The molecule has 2 atom stereocenters. The Morgan fingerprint density at radius 1 is 0.738 bits per heavy atom. The lowest BCUT2D eigenvalue weighted by molar-refractivity contribution is -0.153. The Balaban J connectivity index is 1.71. The number of phosphoric ester groups is 2. The molecule has 0 amide bonds. The van der Waals surface area contributed by atoms with Gasteiger partial charge in [-0.15, -0.1) is 0 Å². The number of hydrogen-bond donors (Lipinski definition) is 0. The summed E-state index contributed by atoms with van der Waals surface area (Å²) in [6, 6.07) is 0. The molecule has 0 aromatic rings. The molecule has 0 spiro atoms. The normalized spacial score (nSPS) is 28.6. The number of alkyl halides is 6. The minimum atomic E-state index is -4.28. The summed E-state index contributed by atoms with van der Waals surface area (Å²) < 4.78 is 77.6. The predicted molar refractivity (Wildman–Crippen MR) is 179 cm³/mol. The van der Waals surface area contributed by atoms with Crippen LogP contribution in [0.1, 0.15) is 13.3 Å². The van der Waals surface area contributed by atoms with Crippen molar-refractivity contribution in [3.05, 3.63) is 0 Å². The van der Waals surface area contributed by atoms with Crippen molar-refractivity contribution in [2.45, 2.75) is 13.3 Å². The Labute approximate surface area is 297 Å². The third kappa shape index (κ3) is 9.76. The van der Waals surface area contributed by atoms with Gasteiger partial charge in [-0.1, -0.05) is 103 Å². The molecule has 3 rings (SSSR count). The van der Waals surface area contributed by atoms with Gasteiger partial charge in [0.15, 0.2) is 0 Å². The third-order valence-electron chi connectivity index (χ3n) is 7.07. The van der Waals surface area contributed by atoms with Gasteiger partial charge in [0.05, 0.1) is 52.9 Å². The quantitative estimate of drug-likeness (QED) is 0.110. The van der Waals surface area contributed by atoms with Gasteiger partial charge in [-0.2, -0.15) is 0 Å². The van der Waals surface area contributed by atoms with Crippen molar-refractivity contribution < 1.29 is 54.6 Å². The highest BCUT2D eigenvalue weighted by atomic mass is 79.9. The number of phosphoric acid groups is 2. The Morgan fingerprint density at radius 3 is 1.67 bits per heavy atom. The molecule has 3 saturated heterocycles. The second-order valence-corrected chi connectivity index (χ2v) is 18.5. The first-order chi connectivity index (χ1) is 19.9. The van der Waals surface area contributed by atoms with Crippen molar-refractivity contribution in [1.29, 1.82) is 0 Å². The van der Waals surface area contributed by atoms with Crippen molar-refractivity contribution in [2.75, 3.05) is 84.8 Å². The van der Waals surface area contributed by atoms with Crippen LogP contribution in [-0.2, 0) is 54.6 Å². The Morgan fingerprint density at radius 2 is 1.21 bits per heavy atom. The van der Waals surface area contributed by atoms with Crippen LogP contribution in [0, 0.1) is 21.7 Å². The third-order valence-corrected chi connectivity index (χ3v) is 17.6. The number of carbonyl (C=O) groups excluding carboxylic acids is 1. The summed E-state index contributed by atoms with van der Waals surface area (Å²) in [6.45, 7) is 2.16. The highest BCUT2D eigenvalue weighted by Gasteiger charge is 2.52. The first kappa shape index (κ1) is 39.4. The molecule has 42 heavy (non-hydrogen) atoms. The average molecular weight is 1050 g/mol. The van der Waals surface area contributed by atoms with E-state index in [-0.39, 0.29) is 55.7 Å². The zero-order chi connectivity index (χ0) is 31.1. The molecule has 0 bridgehead atoms. The molecule has 3 aliphatic rings. The average Bonchev–Trinajstić information content (AvgIpc) is 3.02. The van der Waals surface area contributed by atoms with Crippen LogP contribution in [0.5, 0.6) is 0 Å². The Kier molecular flexibility index (Phi) is 16.0. The van der Waals surface area contributed by atoms with Gasteiger partial charge in [0, 0.05) is 48.2 Å². The molecule has 21 heteroatoms. The van der Waals surface area contributed by atoms with Crippen LogP contribution in [0.25, 0.3) is 0 Å². The summed E-state index contributed by atoms with van der Waals surface area (Å²) in [6.07, 6.45) is 0.344. The maximum absolute atomic E-state index is 13.3. The summed E-state index contributed by atoms with van der Waals surface area (Å²) in [7, 11) is -9.93. The summed E-state index contributed by atoms with van der Waals surface area (Å²) in [5, 5.41) is 2.96. The van der Waals surface area contributed by atoms with Gasteiger partial charge in [-0.3, -0.25) is 27.4 Å². The topological polar surface area (TPSA) is 134 Å². The molecule has 246 valence electrons. The first-order valence-corrected chi connectivity index (χ1v) is 23.3. The predicted octanol–water partition coefficient (Wildman–Crippen LogP) is 7.87. The lowest BCUT2D eigenvalue weighted by Crippen LogP contribution is -2.44. The molecule has 3 aliphatic heterocycles. The summed E-state index contributed by atoms with van der Waals surface area (Å²) in [4.78, 5) is 12.7. The SMILES string of the molecule is CCC(COP1OCC(CBr)(CBr)CO1)(COP1(=O)OCC(CBr)(CBr)CO1)COP1(=O)OCC(CBr)(CBr)C(=O)O1. The summed E-state index contributed by atoms with van der Waals surface area (Å²) in [5.41, 5.74) is -2.74. The second kappa shape index (κ2) is 17.0. The van der Waals surface area contributed by atoms with E-state index in [9.17, 15) is 13.9 Å². The van der Waals surface area contributed by atoms with Gasteiger partial charge in [0.2, 0.25) is 0 Å². The van der Waals surface area contributed by atoms with E-state index in [4.69, 9.17) is 40.7 Å². The molecule has 0 N–H and O–H groups in total. The minimum Gasteiger partial charge on any atom is -0.370 e. The van der Waals surface area contributed by atoms with Crippen LogP contribution in [-0.4, -0.2) is 90.8 Å². The molecule has 12 nitrogen and oxygen atoms in total. The Hall–Kier alpha value is 2.92. The molecule has 0 aromatic heterocycles. The lowest BCUT2D eigenvalue weighted by Gasteiger charge is -2.40. The van der Waals surface area contributed by atoms with E-state index in [2.05, 4.69) is 95.6 Å². The standard InChI is InChI=1S/C21H33Br6O12P3/c1-2-18(9-31-40-32-10-19(3-22,4-23)11-33-40,12-34-41(29)35-14-20(5-24,6-25)15-36-41)13-37-42(30)38-16-21(7-26,8-27)17(28)39-42/h2-16H2,1H3. The zero-order valence-electron chi connectivity index (χ0n) is 22.6. The lowest BCUT2D eigenvalue weighted by atomic mass is 9.88. The van der Waals surface area contributed by atoms with Crippen LogP contribution in [0.4, 0.5) is 0 Å². The number of halogens is 6. The highest BCUT2D eigenvalue weighted by molar-refractivity contribution is 9.10. The molecule has 0 aliphatic carbocycles. The van der Waals surface area contributed by atoms with E-state index >= 15 is 0 Å². The minimum absolute atomic E-state index is 0.0573. The van der Waals surface area contributed by atoms with Crippen molar-refractivity contribution in [3.63, 3.8) is 0 Å². The largest absolute Gasteiger partial charge is 0.532 e. The smallest absolute Gasteiger partial charge is 0.370 e. The molecular formula is C21H33Br6O12P3. The molecule has 3 heterocycles. The molecule has 2 unspecified atom stereocenters. The van der Waals surface area contributed by atoms with Crippen LogP contribution in [0.2, 0.25) is 0 Å². The maximum atomic E-state index is 13.3. The fraction of sp³-hybridized carbons (Fsp3) is 0.952. The van der Waals surface area contributed by atoms with Crippen LogP contribution >= 0.6 is 120 Å². The molecule has 3 fully saturated rings. The van der Waals surface area contributed by atoms with Crippen LogP contribution < -0.4 is 0 Å². The monoisotopic (exact) mass is 1040 g/mol. The van der Waals surface area contributed by atoms with Gasteiger partial charge in [0.1, 0.15) is 5.41 Å². The second-order valence-electron chi connectivity index (χ2n) is 10.6. The van der Waals surface area contributed by atoms with E-state index < -0.39 is 46.5 Å². The number of hydrogen-bond acceptors (Lipinski definition) is 12. The van der Waals surface area contributed by atoms with Crippen molar-refractivity contribution in [1.82, 2.24) is 0 Å². The Bertz CT molecular complexity index is 978. The highest BCUT2D eigenvalue weighted by Crippen LogP contribution is 2.59. The fourth-order valence-electron chi connectivity index (χ4n) is 3.32. The molecule has 0 saturated carbocycles. The van der Waals surface area contributed by atoms with E-state index in [1.807, 2.05) is 6.92 Å². The summed E-state index contributed by atoms with van der Waals surface area (Å²) in [5.74, 6) is -0.717. The number of carbonyl (C=O) groups is 1. The van der Waals surface area contributed by atoms with Gasteiger partial charge >= 0.3 is 30.2 Å². The number of rotatable bonds is 16. The first-order valence-electron chi connectivity index (χ1n) is 12.6. The van der Waals surface area contributed by atoms with E-state index in [1.54, 1.807) is 0 Å². The van der Waals surface area contributed by atoms with E-state index in [1.165, 1.54) is 0 Å². The van der Waals surface area contributed by atoms with Gasteiger partial charge in [-0.05, 0) is 6.42 Å². The van der Waals surface area contributed by atoms with Gasteiger partial charge < -0.3 is 18.1 Å². The van der Waals surface area contributed by atoms with Crippen molar-refractivity contribution >= 4 is 126 Å². The maximum Gasteiger partial charge on any atom is 0.532 e. The van der Waals surface area contributed by atoms with Gasteiger partial charge in [-0.25, -0.2) is 9.13 Å². The zero-order valence-corrected chi connectivity index (χ0v) is 34.8. The van der Waals surface area contributed by atoms with Crippen molar-refractivity contribution in [3.8, 4) is 0 Å². The van der Waals surface area contributed by atoms with Crippen LogP contribution in [0.15, 0.2) is 0 Å². The molecular weight excluding hydrogens is 1020 g/mol. The molecule has 0 radical (unpaired) electrons. The van der Waals surface area contributed by atoms with Gasteiger partial charge in [0.25, 0.3) is 0 Å². The van der Waals surface area contributed by atoms with E-state index in [0.717, 1.165) is 0 Å².